The Morgan fingerprint density at radius 1 is 0.892 bits per heavy atom. The smallest absolute Gasteiger partial charge is 0.343 e. The summed E-state index contributed by atoms with van der Waals surface area (Å²) in [6.45, 7) is 5.32. The van der Waals surface area contributed by atoms with E-state index in [-0.39, 0.29) is 10.8 Å². The minimum atomic E-state index is -3.89. The highest BCUT2D eigenvalue weighted by atomic mass is 32.2. The van der Waals surface area contributed by atoms with Gasteiger partial charge < -0.3 is 9.47 Å². The van der Waals surface area contributed by atoms with Crippen LogP contribution in [0.15, 0.2) is 82.8 Å². The molecule has 0 spiro atoms. The number of esters is 1. The number of nitrogens with one attached hydrogen (secondary N) is 2. The summed E-state index contributed by atoms with van der Waals surface area (Å²) < 4.78 is 38.3. The number of hydrogen-bond donors (Lipinski definition) is 2. The molecule has 0 saturated heterocycles. The highest BCUT2D eigenvalue weighted by Gasteiger charge is 2.28. The van der Waals surface area contributed by atoms with Crippen molar-refractivity contribution in [1.82, 2.24) is 10.1 Å². The average molecular weight is 524 g/mol. The number of aryl methyl sites for hydroxylation is 1. The van der Waals surface area contributed by atoms with Gasteiger partial charge >= 0.3 is 5.97 Å². The predicted molar refractivity (Wildman–Crippen MR) is 140 cm³/mol. The molecule has 3 aromatic carbocycles. The number of nitrogens with zero attached hydrogens (tertiary/aromatic N) is 1. The number of carbonyl (C=O) groups is 2. The molecule has 0 aromatic heterocycles. The summed E-state index contributed by atoms with van der Waals surface area (Å²) in [5.74, 6) is -0.450. The molecular weight excluding hydrogens is 494 g/mol. The van der Waals surface area contributed by atoms with Crippen molar-refractivity contribution in [2.45, 2.75) is 31.7 Å². The summed E-state index contributed by atoms with van der Waals surface area (Å²) in [5, 5.41) is 3.93. The first kappa shape index (κ1) is 27.6. The van der Waals surface area contributed by atoms with Gasteiger partial charge in [-0.3, -0.25) is 4.79 Å². The second-order valence-corrected chi connectivity index (χ2v) is 10.3. The molecule has 0 unspecified atom stereocenters. The molecule has 10 heteroatoms. The maximum absolute atomic E-state index is 12.7. The maximum atomic E-state index is 12.7. The Labute approximate surface area is 216 Å². The molecule has 0 fully saturated rings. The second-order valence-electron chi connectivity index (χ2n) is 8.58. The Hall–Kier alpha value is -4.02. The van der Waals surface area contributed by atoms with E-state index in [2.05, 4.69) is 15.2 Å². The molecule has 1 amide bonds. The highest BCUT2D eigenvalue weighted by molar-refractivity contribution is 7.89. The Morgan fingerprint density at radius 2 is 1.49 bits per heavy atom. The van der Waals surface area contributed by atoms with E-state index in [1.165, 1.54) is 18.3 Å². The summed E-state index contributed by atoms with van der Waals surface area (Å²) in [6, 6.07) is 18.4. The van der Waals surface area contributed by atoms with Gasteiger partial charge in [-0.1, -0.05) is 31.5 Å². The number of carbonyl (C=O) groups excluding carboxylic acids is 2. The third-order valence-corrected chi connectivity index (χ3v) is 6.82. The highest BCUT2D eigenvalue weighted by Crippen LogP contribution is 2.16. The molecule has 0 aliphatic carbocycles. The normalized spacial score (nSPS) is 12.4. The van der Waals surface area contributed by atoms with Gasteiger partial charge in [0.1, 0.15) is 17.5 Å². The molecule has 37 heavy (non-hydrogen) atoms. The van der Waals surface area contributed by atoms with Gasteiger partial charge in [0.15, 0.2) is 0 Å². The van der Waals surface area contributed by atoms with Crippen molar-refractivity contribution in [3.05, 3.63) is 89.5 Å². The van der Waals surface area contributed by atoms with E-state index in [0.29, 0.717) is 22.6 Å². The molecule has 0 radical (unpaired) electrons. The standard InChI is InChI=1S/C27H29N3O6S/c1-18(2)25(30-37(33,34)24-15-5-19(3)6-16-24)26(31)29-28-17-20-7-11-23(12-8-20)36-27(32)21-9-13-22(35-4)14-10-21/h5-18,25,30H,1-4H3,(H,29,31)/b28-17-/t25-/m1/s1. The van der Waals surface area contributed by atoms with Crippen molar-refractivity contribution < 1.29 is 27.5 Å². The van der Waals surface area contributed by atoms with Gasteiger partial charge in [0.2, 0.25) is 10.0 Å². The van der Waals surface area contributed by atoms with E-state index >= 15 is 0 Å². The SMILES string of the molecule is COc1ccc(C(=O)Oc2ccc(/C=N\NC(=O)[C@H](NS(=O)(=O)c3ccc(C)cc3)C(C)C)cc2)cc1. The van der Waals surface area contributed by atoms with Crippen LogP contribution in [0.3, 0.4) is 0 Å². The third kappa shape index (κ3) is 7.73. The van der Waals surface area contributed by atoms with Crippen LogP contribution in [-0.4, -0.2) is 39.7 Å². The third-order valence-electron chi connectivity index (χ3n) is 5.37. The topological polar surface area (TPSA) is 123 Å². The van der Waals surface area contributed by atoms with Crippen LogP contribution in [0.5, 0.6) is 11.5 Å². The molecule has 3 rings (SSSR count). The number of benzene rings is 3. The molecule has 0 heterocycles. The molecular formula is C27H29N3O6S. The fourth-order valence-electron chi connectivity index (χ4n) is 3.20. The lowest BCUT2D eigenvalue weighted by Gasteiger charge is -2.20. The minimum absolute atomic E-state index is 0.0767. The zero-order valence-electron chi connectivity index (χ0n) is 21.0. The molecule has 2 N–H and O–H groups in total. The molecule has 9 nitrogen and oxygen atoms in total. The first-order valence-corrected chi connectivity index (χ1v) is 13.0. The van der Waals surface area contributed by atoms with E-state index in [4.69, 9.17) is 9.47 Å². The van der Waals surface area contributed by atoms with E-state index in [1.807, 2.05) is 6.92 Å². The lowest BCUT2D eigenvalue weighted by atomic mass is 10.1. The van der Waals surface area contributed by atoms with Gasteiger partial charge in [0.25, 0.3) is 5.91 Å². The fraction of sp³-hybridized carbons (Fsp3) is 0.222. The zero-order chi connectivity index (χ0) is 27.0. The van der Waals surface area contributed by atoms with Crippen molar-refractivity contribution in [1.29, 1.82) is 0 Å². The predicted octanol–water partition coefficient (Wildman–Crippen LogP) is 3.68. The molecule has 0 aliphatic heterocycles. The van der Waals surface area contributed by atoms with E-state index in [1.54, 1.807) is 81.6 Å². The first-order chi connectivity index (χ1) is 17.6. The van der Waals surface area contributed by atoms with Crippen molar-refractivity contribution in [3.8, 4) is 11.5 Å². The van der Waals surface area contributed by atoms with Crippen molar-refractivity contribution >= 4 is 28.1 Å². The summed E-state index contributed by atoms with van der Waals surface area (Å²) in [5.41, 5.74) is 4.32. The minimum Gasteiger partial charge on any atom is -0.497 e. The average Bonchev–Trinajstić information content (AvgIpc) is 2.88. The number of sulfonamides is 1. The summed E-state index contributed by atoms with van der Waals surface area (Å²) in [7, 11) is -2.35. The summed E-state index contributed by atoms with van der Waals surface area (Å²) in [6.07, 6.45) is 1.40. The maximum Gasteiger partial charge on any atom is 0.343 e. The van der Waals surface area contributed by atoms with Crippen LogP contribution in [0.2, 0.25) is 0 Å². The van der Waals surface area contributed by atoms with Gasteiger partial charge in [-0.05, 0) is 79.1 Å². The van der Waals surface area contributed by atoms with Gasteiger partial charge in [0, 0.05) is 0 Å². The Bertz CT molecular complexity index is 1350. The summed E-state index contributed by atoms with van der Waals surface area (Å²) in [4.78, 5) is 25.0. The van der Waals surface area contributed by atoms with E-state index in [9.17, 15) is 18.0 Å². The molecule has 1 atom stereocenters. The lowest BCUT2D eigenvalue weighted by molar-refractivity contribution is -0.123. The van der Waals surface area contributed by atoms with Crippen LogP contribution in [0, 0.1) is 12.8 Å². The number of hydrazone groups is 1. The quantitative estimate of drug-likeness (QED) is 0.181. The molecule has 3 aromatic rings. The number of methoxy groups -OCH3 is 1. The van der Waals surface area contributed by atoms with Crippen molar-refractivity contribution in [2.75, 3.05) is 7.11 Å². The van der Waals surface area contributed by atoms with Crippen LogP contribution in [0.25, 0.3) is 0 Å². The van der Waals surface area contributed by atoms with E-state index < -0.39 is 27.9 Å². The monoisotopic (exact) mass is 523 g/mol. The van der Waals surface area contributed by atoms with Crippen LogP contribution >= 0.6 is 0 Å². The molecule has 0 bridgehead atoms. The summed E-state index contributed by atoms with van der Waals surface area (Å²) >= 11 is 0. The van der Waals surface area contributed by atoms with Gasteiger partial charge in [-0.25, -0.2) is 18.6 Å². The van der Waals surface area contributed by atoms with Crippen molar-refractivity contribution in [2.24, 2.45) is 11.0 Å². The fourth-order valence-corrected chi connectivity index (χ4v) is 4.54. The zero-order valence-corrected chi connectivity index (χ0v) is 21.8. The van der Waals surface area contributed by atoms with Gasteiger partial charge in [-0.2, -0.15) is 9.82 Å². The number of rotatable bonds is 10. The van der Waals surface area contributed by atoms with E-state index in [0.717, 1.165) is 5.56 Å². The Kier molecular flexibility index (Phi) is 9.15. The molecule has 0 aliphatic rings. The number of amides is 1. The largest absolute Gasteiger partial charge is 0.497 e. The number of hydrogen-bond acceptors (Lipinski definition) is 7. The molecule has 194 valence electrons. The van der Waals surface area contributed by atoms with Crippen LogP contribution in [0.4, 0.5) is 0 Å². The lowest BCUT2D eigenvalue weighted by Crippen LogP contribution is -2.48. The number of ether oxygens (including phenoxy) is 2. The van der Waals surface area contributed by atoms with Crippen LogP contribution < -0.4 is 19.6 Å². The second kappa shape index (κ2) is 12.3. The van der Waals surface area contributed by atoms with Gasteiger partial charge in [0.05, 0.1) is 23.8 Å². The van der Waals surface area contributed by atoms with Crippen LogP contribution in [-0.2, 0) is 14.8 Å². The molecule has 0 saturated carbocycles. The Balaban J connectivity index is 1.58. The van der Waals surface area contributed by atoms with Crippen molar-refractivity contribution in [3.63, 3.8) is 0 Å². The van der Waals surface area contributed by atoms with Gasteiger partial charge in [-0.15, -0.1) is 0 Å². The first-order valence-electron chi connectivity index (χ1n) is 11.5. The Morgan fingerprint density at radius 3 is 2.05 bits per heavy atom. The van der Waals surface area contributed by atoms with Crippen LogP contribution in [0.1, 0.15) is 35.3 Å².